The maximum Gasteiger partial charge on any atom is 0.282 e. The molecule has 0 aliphatic carbocycles. The van der Waals surface area contributed by atoms with Crippen LogP contribution in [0.3, 0.4) is 0 Å². The average Bonchev–Trinajstić information content (AvgIpc) is 2.84. The number of hydrogen-bond donors (Lipinski definition) is 1. The predicted octanol–water partition coefficient (Wildman–Crippen LogP) is 3.57. The van der Waals surface area contributed by atoms with Crippen LogP contribution in [-0.4, -0.2) is 26.7 Å². The van der Waals surface area contributed by atoms with Crippen molar-refractivity contribution in [3.05, 3.63) is 17.3 Å². The van der Waals surface area contributed by atoms with Gasteiger partial charge in [-0.3, -0.25) is 0 Å². The predicted molar refractivity (Wildman–Crippen MR) is 82.8 cm³/mol. The summed E-state index contributed by atoms with van der Waals surface area (Å²) < 4.78 is 5.42. The molecular formula is C14H21N5OS. The van der Waals surface area contributed by atoms with Crippen LogP contribution in [0.1, 0.15) is 50.4 Å². The second kappa shape index (κ2) is 6.89. The highest BCUT2D eigenvalue weighted by Crippen LogP contribution is 2.31. The number of nitrogens with one attached hydrogen (secondary N) is 1. The van der Waals surface area contributed by atoms with E-state index >= 15 is 0 Å². The SMILES string of the molecule is CCCNc1nc(C(C)C)nc(Sc2nnc(C)o2)c1C. The van der Waals surface area contributed by atoms with E-state index in [0.717, 1.165) is 35.2 Å². The molecule has 0 radical (unpaired) electrons. The minimum atomic E-state index is 0.261. The van der Waals surface area contributed by atoms with Crippen molar-refractivity contribution < 1.29 is 4.42 Å². The fourth-order valence-corrected chi connectivity index (χ4v) is 2.49. The smallest absolute Gasteiger partial charge is 0.282 e. The number of nitrogens with zero attached hydrogens (tertiary/aromatic N) is 4. The molecule has 0 bridgehead atoms. The van der Waals surface area contributed by atoms with Gasteiger partial charge in [0.05, 0.1) is 0 Å². The first-order valence-electron chi connectivity index (χ1n) is 7.11. The Labute approximate surface area is 129 Å². The van der Waals surface area contributed by atoms with E-state index in [1.807, 2.05) is 6.92 Å². The van der Waals surface area contributed by atoms with Crippen molar-refractivity contribution in [2.24, 2.45) is 0 Å². The van der Waals surface area contributed by atoms with Gasteiger partial charge in [-0.25, -0.2) is 9.97 Å². The van der Waals surface area contributed by atoms with Crippen molar-refractivity contribution in [1.82, 2.24) is 20.2 Å². The second-order valence-corrected chi connectivity index (χ2v) is 6.07. The molecule has 2 rings (SSSR count). The average molecular weight is 307 g/mol. The van der Waals surface area contributed by atoms with Crippen LogP contribution in [0, 0.1) is 13.8 Å². The van der Waals surface area contributed by atoms with E-state index in [-0.39, 0.29) is 5.92 Å². The zero-order valence-electron chi connectivity index (χ0n) is 13.1. The van der Waals surface area contributed by atoms with Gasteiger partial charge >= 0.3 is 0 Å². The minimum absolute atomic E-state index is 0.261. The quantitative estimate of drug-likeness (QED) is 0.817. The molecule has 7 heteroatoms. The largest absolute Gasteiger partial charge is 0.416 e. The first kappa shape index (κ1) is 15.8. The van der Waals surface area contributed by atoms with Crippen LogP contribution in [0.15, 0.2) is 14.7 Å². The molecule has 0 aromatic carbocycles. The maximum atomic E-state index is 5.42. The van der Waals surface area contributed by atoms with Gasteiger partial charge < -0.3 is 9.73 Å². The fourth-order valence-electron chi connectivity index (χ4n) is 1.69. The van der Waals surface area contributed by atoms with Crippen molar-refractivity contribution in [2.45, 2.75) is 57.2 Å². The van der Waals surface area contributed by atoms with Gasteiger partial charge in [-0.1, -0.05) is 20.8 Å². The van der Waals surface area contributed by atoms with Crippen molar-refractivity contribution in [1.29, 1.82) is 0 Å². The summed E-state index contributed by atoms with van der Waals surface area (Å²) >= 11 is 1.38. The number of rotatable bonds is 6. The van der Waals surface area contributed by atoms with Gasteiger partial charge in [-0.05, 0) is 25.1 Å². The van der Waals surface area contributed by atoms with Crippen LogP contribution in [0.25, 0.3) is 0 Å². The minimum Gasteiger partial charge on any atom is -0.416 e. The van der Waals surface area contributed by atoms with Crippen LogP contribution in [0.5, 0.6) is 0 Å². The highest BCUT2D eigenvalue weighted by Gasteiger charge is 2.16. The van der Waals surface area contributed by atoms with Crippen LogP contribution in [0.4, 0.5) is 5.82 Å². The van der Waals surface area contributed by atoms with E-state index in [9.17, 15) is 0 Å². The summed E-state index contributed by atoms with van der Waals surface area (Å²) in [7, 11) is 0. The number of hydrogen-bond acceptors (Lipinski definition) is 7. The molecule has 0 aliphatic heterocycles. The van der Waals surface area contributed by atoms with Crippen molar-refractivity contribution in [3.8, 4) is 0 Å². The summed E-state index contributed by atoms with van der Waals surface area (Å²) in [6.45, 7) is 11.0. The van der Waals surface area contributed by atoms with E-state index in [0.29, 0.717) is 11.1 Å². The lowest BCUT2D eigenvalue weighted by molar-refractivity contribution is 0.429. The Bertz CT molecular complexity index is 611. The van der Waals surface area contributed by atoms with Crippen molar-refractivity contribution in [3.63, 3.8) is 0 Å². The fraction of sp³-hybridized carbons (Fsp3) is 0.571. The molecule has 0 unspecified atom stereocenters. The Balaban J connectivity index is 2.35. The highest BCUT2D eigenvalue weighted by molar-refractivity contribution is 7.99. The zero-order valence-corrected chi connectivity index (χ0v) is 13.9. The van der Waals surface area contributed by atoms with Gasteiger partial charge in [0.15, 0.2) is 0 Å². The third-order valence-corrected chi connectivity index (χ3v) is 3.80. The third-order valence-electron chi connectivity index (χ3n) is 2.87. The Kier molecular flexibility index (Phi) is 5.17. The highest BCUT2D eigenvalue weighted by atomic mass is 32.2. The molecule has 0 saturated carbocycles. The summed E-state index contributed by atoms with van der Waals surface area (Å²) in [4.78, 5) is 9.24. The van der Waals surface area contributed by atoms with Crippen molar-refractivity contribution in [2.75, 3.05) is 11.9 Å². The molecule has 0 fully saturated rings. The van der Waals surface area contributed by atoms with E-state index in [2.05, 4.69) is 46.3 Å². The summed E-state index contributed by atoms with van der Waals surface area (Å²) in [6.07, 6.45) is 1.05. The third kappa shape index (κ3) is 3.93. The van der Waals surface area contributed by atoms with Crippen LogP contribution >= 0.6 is 11.8 Å². The monoisotopic (exact) mass is 307 g/mol. The molecule has 0 spiro atoms. The van der Waals surface area contributed by atoms with Crippen LogP contribution in [-0.2, 0) is 0 Å². The Hall–Kier alpha value is -1.63. The molecule has 114 valence electrons. The van der Waals surface area contributed by atoms with E-state index in [4.69, 9.17) is 4.42 Å². The lowest BCUT2D eigenvalue weighted by Crippen LogP contribution is -2.09. The summed E-state index contributed by atoms with van der Waals surface area (Å²) in [5, 5.41) is 12.6. The second-order valence-electron chi connectivity index (χ2n) is 5.13. The van der Waals surface area contributed by atoms with E-state index < -0.39 is 0 Å². The van der Waals surface area contributed by atoms with E-state index in [1.54, 1.807) is 6.92 Å². The molecule has 2 heterocycles. The van der Waals surface area contributed by atoms with Gasteiger partial charge in [-0.15, -0.1) is 10.2 Å². The Morgan fingerprint density at radius 3 is 2.52 bits per heavy atom. The lowest BCUT2D eigenvalue weighted by Gasteiger charge is -2.14. The first-order valence-corrected chi connectivity index (χ1v) is 7.93. The molecule has 2 aromatic rings. The summed E-state index contributed by atoms with van der Waals surface area (Å²) in [5.41, 5.74) is 1.01. The molecule has 1 N–H and O–H groups in total. The lowest BCUT2D eigenvalue weighted by atomic mass is 10.2. The molecular weight excluding hydrogens is 286 g/mol. The Morgan fingerprint density at radius 1 is 1.19 bits per heavy atom. The van der Waals surface area contributed by atoms with Gasteiger partial charge in [0.2, 0.25) is 5.89 Å². The standard InChI is InChI=1S/C14H21N5OS/c1-6-7-15-12-9(4)13(17-11(16-12)8(2)3)21-14-19-18-10(5)20-14/h8H,6-7H2,1-5H3,(H,15,16,17). The van der Waals surface area contributed by atoms with Gasteiger partial charge in [-0.2, -0.15) is 0 Å². The molecule has 0 atom stereocenters. The maximum absolute atomic E-state index is 5.42. The molecule has 0 aliphatic rings. The first-order chi connectivity index (χ1) is 10.0. The molecule has 21 heavy (non-hydrogen) atoms. The zero-order chi connectivity index (χ0) is 15.4. The van der Waals surface area contributed by atoms with E-state index in [1.165, 1.54) is 11.8 Å². The normalized spacial score (nSPS) is 11.1. The number of aromatic nitrogens is 4. The summed E-state index contributed by atoms with van der Waals surface area (Å²) in [5.74, 6) is 2.52. The summed E-state index contributed by atoms with van der Waals surface area (Å²) in [6, 6.07) is 0. The number of aryl methyl sites for hydroxylation is 1. The molecule has 2 aromatic heterocycles. The van der Waals surface area contributed by atoms with Gasteiger partial charge in [0.1, 0.15) is 16.7 Å². The molecule has 0 amide bonds. The number of anilines is 1. The van der Waals surface area contributed by atoms with Gasteiger partial charge in [0, 0.05) is 24.9 Å². The Morgan fingerprint density at radius 2 is 1.95 bits per heavy atom. The molecule has 6 nitrogen and oxygen atoms in total. The van der Waals surface area contributed by atoms with Crippen LogP contribution < -0.4 is 5.32 Å². The van der Waals surface area contributed by atoms with Crippen molar-refractivity contribution >= 4 is 17.6 Å². The topological polar surface area (TPSA) is 76.7 Å². The molecule has 0 saturated heterocycles. The van der Waals surface area contributed by atoms with Gasteiger partial charge in [0.25, 0.3) is 5.22 Å². The van der Waals surface area contributed by atoms with Crippen LogP contribution in [0.2, 0.25) is 0 Å².